The molecule has 1 amide bonds. The molecule has 0 bridgehead atoms. The Balaban J connectivity index is 1.70. The zero-order chi connectivity index (χ0) is 18.6. The molecule has 0 radical (unpaired) electrons. The zero-order valence-electron chi connectivity index (χ0n) is 14.9. The molecule has 26 heavy (non-hydrogen) atoms. The summed E-state index contributed by atoms with van der Waals surface area (Å²) in [6.45, 7) is 2.83. The smallest absolute Gasteiger partial charge is 0.261 e. The van der Waals surface area contributed by atoms with E-state index < -0.39 is 10.0 Å². The average Bonchev–Trinajstić information content (AvgIpc) is 3.07. The minimum absolute atomic E-state index is 0.0851. The number of nitrogens with one attached hydrogen (secondary N) is 1. The van der Waals surface area contributed by atoms with E-state index in [-0.39, 0.29) is 10.8 Å². The van der Waals surface area contributed by atoms with E-state index in [1.807, 2.05) is 12.1 Å². The van der Waals surface area contributed by atoms with Crippen LogP contribution in [0.4, 0.5) is 11.4 Å². The molecule has 1 aliphatic heterocycles. The van der Waals surface area contributed by atoms with Crippen LogP contribution in [-0.2, 0) is 21.2 Å². The Bertz CT molecular complexity index is 859. The number of hydrogen-bond acceptors (Lipinski definition) is 3. The Labute approximate surface area is 155 Å². The van der Waals surface area contributed by atoms with Gasteiger partial charge in [0.25, 0.3) is 10.0 Å². The molecule has 1 saturated heterocycles. The van der Waals surface area contributed by atoms with Gasteiger partial charge in [-0.05, 0) is 61.2 Å². The van der Waals surface area contributed by atoms with Crippen LogP contribution >= 0.6 is 0 Å². The van der Waals surface area contributed by atoms with Crippen molar-refractivity contribution in [2.75, 3.05) is 16.2 Å². The minimum atomic E-state index is -3.65. The second-order valence-corrected chi connectivity index (χ2v) is 8.23. The third-order valence-electron chi connectivity index (χ3n) is 4.56. The number of benzene rings is 2. The monoisotopic (exact) mass is 372 g/mol. The Morgan fingerprint density at radius 1 is 1.04 bits per heavy atom. The van der Waals surface area contributed by atoms with Gasteiger partial charge in [0.2, 0.25) is 5.91 Å². The molecule has 138 valence electrons. The van der Waals surface area contributed by atoms with Crippen LogP contribution in [0.3, 0.4) is 0 Å². The van der Waals surface area contributed by atoms with E-state index in [9.17, 15) is 13.2 Å². The maximum Gasteiger partial charge on any atom is 0.261 e. The number of nitrogens with zero attached hydrogens (tertiary/aromatic N) is 1. The summed E-state index contributed by atoms with van der Waals surface area (Å²) in [5, 5.41) is 0. The number of sulfonamides is 1. The first-order valence-corrected chi connectivity index (χ1v) is 10.5. The van der Waals surface area contributed by atoms with Crippen molar-refractivity contribution in [2.45, 2.75) is 43.9 Å². The number of carbonyl (C=O) groups is 1. The normalized spacial score (nSPS) is 14.7. The highest BCUT2D eigenvalue weighted by molar-refractivity contribution is 7.92. The quantitative estimate of drug-likeness (QED) is 0.800. The van der Waals surface area contributed by atoms with E-state index in [4.69, 9.17) is 0 Å². The molecule has 0 aromatic heterocycles. The number of unbranched alkanes of at least 4 members (excludes halogenated alkanes) is 1. The highest BCUT2D eigenvalue weighted by Gasteiger charge is 2.22. The van der Waals surface area contributed by atoms with Crippen molar-refractivity contribution in [3.05, 3.63) is 54.1 Å². The standard InChI is InChI=1S/C20H24N2O3S/c1-2-3-5-16-7-9-17(10-8-16)21-26(24,25)19-13-11-18(12-14-19)22-15-4-6-20(22)23/h7-14,21H,2-6,15H2,1H3. The lowest BCUT2D eigenvalue weighted by Crippen LogP contribution is -2.23. The zero-order valence-corrected chi connectivity index (χ0v) is 15.8. The van der Waals surface area contributed by atoms with Crippen molar-refractivity contribution in [1.29, 1.82) is 0 Å². The van der Waals surface area contributed by atoms with Crippen LogP contribution in [-0.4, -0.2) is 20.9 Å². The third-order valence-corrected chi connectivity index (χ3v) is 5.95. The first kappa shape index (κ1) is 18.5. The molecule has 0 spiro atoms. The van der Waals surface area contributed by atoms with Gasteiger partial charge in [0.05, 0.1) is 4.90 Å². The van der Waals surface area contributed by atoms with E-state index in [1.54, 1.807) is 41.3 Å². The highest BCUT2D eigenvalue weighted by atomic mass is 32.2. The van der Waals surface area contributed by atoms with Crippen molar-refractivity contribution in [2.24, 2.45) is 0 Å². The van der Waals surface area contributed by atoms with Crippen molar-refractivity contribution in [3.8, 4) is 0 Å². The van der Waals surface area contributed by atoms with Crippen LogP contribution in [0.1, 0.15) is 38.2 Å². The van der Waals surface area contributed by atoms with Gasteiger partial charge in [-0.15, -0.1) is 0 Å². The Morgan fingerprint density at radius 3 is 2.31 bits per heavy atom. The summed E-state index contributed by atoms with van der Waals surface area (Å²) in [6.07, 6.45) is 4.65. The molecular formula is C20H24N2O3S. The molecule has 1 N–H and O–H groups in total. The summed E-state index contributed by atoms with van der Waals surface area (Å²) >= 11 is 0. The van der Waals surface area contributed by atoms with Crippen LogP contribution in [0.5, 0.6) is 0 Å². The molecular weight excluding hydrogens is 348 g/mol. The van der Waals surface area contributed by atoms with Gasteiger partial charge in [-0.2, -0.15) is 0 Å². The van der Waals surface area contributed by atoms with E-state index in [2.05, 4.69) is 11.6 Å². The van der Waals surface area contributed by atoms with Gasteiger partial charge in [-0.3, -0.25) is 9.52 Å². The van der Waals surface area contributed by atoms with Crippen LogP contribution in [0.25, 0.3) is 0 Å². The Hall–Kier alpha value is -2.34. The maximum absolute atomic E-state index is 12.6. The van der Waals surface area contributed by atoms with Gasteiger partial charge in [0.1, 0.15) is 0 Å². The van der Waals surface area contributed by atoms with E-state index in [0.717, 1.165) is 31.4 Å². The molecule has 0 saturated carbocycles. The van der Waals surface area contributed by atoms with Gasteiger partial charge < -0.3 is 4.90 Å². The second kappa shape index (κ2) is 7.91. The van der Waals surface area contributed by atoms with Crippen molar-refractivity contribution in [3.63, 3.8) is 0 Å². The summed E-state index contributed by atoms with van der Waals surface area (Å²) in [5.41, 5.74) is 2.49. The maximum atomic E-state index is 12.6. The fraction of sp³-hybridized carbons (Fsp3) is 0.350. The van der Waals surface area contributed by atoms with Crippen LogP contribution in [0.2, 0.25) is 0 Å². The van der Waals surface area contributed by atoms with Gasteiger partial charge in [0.15, 0.2) is 0 Å². The Kier molecular flexibility index (Phi) is 5.61. The van der Waals surface area contributed by atoms with Crippen molar-refractivity contribution < 1.29 is 13.2 Å². The minimum Gasteiger partial charge on any atom is -0.312 e. The van der Waals surface area contributed by atoms with Crippen LogP contribution < -0.4 is 9.62 Å². The SMILES string of the molecule is CCCCc1ccc(NS(=O)(=O)c2ccc(N3CCCC3=O)cc2)cc1. The molecule has 2 aromatic rings. The first-order valence-electron chi connectivity index (χ1n) is 9.02. The molecule has 5 nitrogen and oxygen atoms in total. The van der Waals surface area contributed by atoms with E-state index in [1.165, 1.54) is 5.56 Å². The molecule has 0 unspecified atom stereocenters. The lowest BCUT2D eigenvalue weighted by molar-refractivity contribution is -0.117. The van der Waals surface area contributed by atoms with Gasteiger partial charge >= 0.3 is 0 Å². The fourth-order valence-electron chi connectivity index (χ4n) is 3.06. The van der Waals surface area contributed by atoms with E-state index >= 15 is 0 Å². The number of anilines is 2. The van der Waals surface area contributed by atoms with Gasteiger partial charge in [-0.1, -0.05) is 25.5 Å². The molecule has 3 rings (SSSR count). The summed E-state index contributed by atoms with van der Waals surface area (Å²) < 4.78 is 27.7. The van der Waals surface area contributed by atoms with Gasteiger partial charge in [0, 0.05) is 24.3 Å². The third kappa shape index (κ3) is 4.25. The number of amides is 1. The molecule has 6 heteroatoms. The summed E-state index contributed by atoms with van der Waals surface area (Å²) in [7, 11) is -3.65. The fourth-order valence-corrected chi connectivity index (χ4v) is 4.12. The predicted molar refractivity (Wildman–Crippen MR) is 104 cm³/mol. The van der Waals surface area contributed by atoms with Crippen LogP contribution in [0.15, 0.2) is 53.4 Å². The van der Waals surface area contributed by atoms with E-state index in [0.29, 0.717) is 18.7 Å². The largest absolute Gasteiger partial charge is 0.312 e. The Morgan fingerprint density at radius 2 is 1.73 bits per heavy atom. The lowest BCUT2D eigenvalue weighted by atomic mass is 10.1. The molecule has 1 fully saturated rings. The highest BCUT2D eigenvalue weighted by Crippen LogP contribution is 2.24. The van der Waals surface area contributed by atoms with Crippen LogP contribution in [0, 0.1) is 0 Å². The second-order valence-electron chi connectivity index (χ2n) is 6.55. The molecule has 2 aromatic carbocycles. The summed E-state index contributed by atoms with van der Waals surface area (Å²) in [4.78, 5) is 13.7. The predicted octanol–water partition coefficient (Wildman–Crippen LogP) is 3.96. The number of hydrogen-bond donors (Lipinski definition) is 1. The van der Waals surface area contributed by atoms with Gasteiger partial charge in [-0.25, -0.2) is 8.42 Å². The average molecular weight is 372 g/mol. The summed E-state index contributed by atoms with van der Waals surface area (Å²) in [5.74, 6) is 0.0851. The lowest BCUT2D eigenvalue weighted by Gasteiger charge is -2.16. The molecule has 0 aliphatic carbocycles. The first-order chi connectivity index (χ1) is 12.5. The van der Waals surface area contributed by atoms with Crippen molar-refractivity contribution >= 4 is 27.3 Å². The van der Waals surface area contributed by atoms with Crippen molar-refractivity contribution in [1.82, 2.24) is 0 Å². The number of carbonyl (C=O) groups excluding carboxylic acids is 1. The topological polar surface area (TPSA) is 66.5 Å². The number of rotatable bonds is 7. The molecule has 0 atom stereocenters. The number of aryl methyl sites for hydroxylation is 1. The molecule has 1 aliphatic rings. The summed E-state index contributed by atoms with van der Waals surface area (Å²) in [6, 6.07) is 13.9. The molecule has 1 heterocycles.